The van der Waals surface area contributed by atoms with Gasteiger partial charge in [-0.05, 0) is 30.2 Å². The van der Waals surface area contributed by atoms with E-state index < -0.39 is 0 Å². The molecular weight excluding hydrogens is 366 g/mol. The highest BCUT2D eigenvalue weighted by molar-refractivity contribution is 7.13. The van der Waals surface area contributed by atoms with Gasteiger partial charge in [-0.3, -0.25) is 4.79 Å². The van der Waals surface area contributed by atoms with Gasteiger partial charge < -0.3 is 18.9 Å². The number of thiophene rings is 1. The molecule has 1 saturated heterocycles. The molecule has 0 spiro atoms. The van der Waals surface area contributed by atoms with Crippen LogP contribution in [0.15, 0.2) is 22.0 Å². The monoisotopic (exact) mass is 391 g/mol. The third-order valence-electron chi connectivity index (χ3n) is 5.37. The number of nitrogens with zero attached hydrogens (tertiary/aromatic N) is 3. The number of rotatable bonds is 5. The molecular formula is C19H25N3O4S. The fourth-order valence-electron chi connectivity index (χ4n) is 3.77. The summed E-state index contributed by atoms with van der Waals surface area (Å²) in [7, 11) is 0. The van der Waals surface area contributed by atoms with E-state index in [1.807, 2.05) is 17.5 Å². The maximum atomic E-state index is 12.8. The lowest BCUT2D eigenvalue weighted by Crippen LogP contribution is -2.45. The highest BCUT2D eigenvalue weighted by Gasteiger charge is 2.34. The number of hydrogen-bond acceptors (Lipinski definition) is 7. The Labute approximate surface area is 162 Å². The topological polar surface area (TPSA) is 77.7 Å². The summed E-state index contributed by atoms with van der Waals surface area (Å²) in [5.41, 5.74) is 0. The lowest BCUT2D eigenvalue weighted by Gasteiger charge is -2.34. The minimum absolute atomic E-state index is 0.0445. The third kappa shape index (κ3) is 4.23. The van der Waals surface area contributed by atoms with Gasteiger partial charge in [0.05, 0.1) is 24.2 Å². The Morgan fingerprint density at radius 1 is 1.41 bits per heavy atom. The first-order valence-electron chi connectivity index (χ1n) is 9.58. The number of ether oxygens (including phenoxy) is 2. The van der Waals surface area contributed by atoms with Gasteiger partial charge >= 0.3 is 0 Å². The molecule has 0 aromatic carbocycles. The van der Waals surface area contributed by atoms with Crippen LogP contribution in [0.3, 0.4) is 0 Å². The van der Waals surface area contributed by atoms with Crippen molar-refractivity contribution in [3.05, 3.63) is 23.4 Å². The zero-order valence-electron chi connectivity index (χ0n) is 15.5. The number of amides is 1. The molecule has 27 heavy (non-hydrogen) atoms. The molecule has 1 aliphatic carbocycles. The van der Waals surface area contributed by atoms with E-state index in [-0.39, 0.29) is 24.7 Å². The summed E-state index contributed by atoms with van der Waals surface area (Å²) in [6, 6.07) is 3.53. The SMILES string of the molecule is C[C@@H]1CCCC[C@H]1OCC(=O)N1CCOC[C@H]1c1nc(-c2cccs2)no1. The second kappa shape index (κ2) is 8.50. The van der Waals surface area contributed by atoms with Crippen LogP contribution in [0.1, 0.15) is 44.5 Å². The van der Waals surface area contributed by atoms with Crippen LogP contribution in [-0.2, 0) is 14.3 Å². The predicted molar refractivity (Wildman–Crippen MR) is 100 cm³/mol. The van der Waals surface area contributed by atoms with Crippen LogP contribution >= 0.6 is 11.3 Å². The van der Waals surface area contributed by atoms with Gasteiger partial charge in [0, 0.05) is 6.54 Å². The number of carbonyl (C=O) groups excluding carboxylic acids is 1. The van der Waals surface area contributed by atoms with Gasteiger partial charge in [0.2, 0.25) is 11.7 Å². The number of carbonyl (C=O) groups is 1. The lowest BCUT2D eigenvalue weighted by atomic mass is 9.88. The van der Waals surface area contributed by atoms with Gasteiger partial charge in [0.15, 0.2) is 0 Å². The molecule has 2 aliphatic rings. The summed E-state index contributed by atoms with van der Waals surface area (Å²) >= 11 is 1.55. The summed E-state index contributed by atoms with van der Waals surface area (Å²) in [6.45, 7) is 3.67. The minimum atomic E-state index is -0.361. The Balaban J connectivity index is 1.42. The molecule has 0 bridgehead atoms. The molecule has 3 heterocycles. The lowest BCUT2D eigenvalue weighted by molar-refractivity contribution is -0.150. The molecule has 1 aliphatic heterocycles. The van der Waals surface area contributed by atoms with Crippen LogP contribution in [0.2, 0.25) is 0 Å². The molecule has 2 fully saturated rings. The summed E-state index contributed by atoms with van der Waals surface area (Å²) in [6.07, 6.45) is 4.82. The summed E-state index contributed by atoms with van der Waals surface area (Å²) < 4.78 is 17.0. The second-order valence-electron chi connectivity index (χ2n) is 7.22. The smallest absolute Gasteiger partial charge is 0.252 e. The summed E-state index contributed by atoms with van der Waals surface area (Å²) in [5.74, 6) is 1.43. The van der Waals surface area contributed by atoms with Gasteiger partial charge in [-0.2, -0.15) is 4.98 Å². The number of hydrogen-bond donors (Lipinski definition) is 0. The first-order valence-corrected chi connectivity index (χ1v) is 10.5. The fraction of sp³-hybridized carbons (Fsp3) is 0.632. The van der Waals surface area contributed by atoms with Crippen molar-refractivity contribution in [2.24, 2.45) is 5.92 Å². The molecule has 0 unspecified atom stereocenters. The van der Waals surface area contributed by atoms with E-state index in [1.165, 1.54) is 19.3 Å². The third-order valence-corrected chi connectivity index (χ3v) is 6.24. The van der Waals surface area contributed by atoms with Gasteiger partial charge in [-0.1, -0.05) is 31.0 Å². The molecule has 8 heteroatoms. The van der Waals surface area contributed by atoms with Gasteiger partial charge in [0.1, 0.15) is 12.6 Å². The normalized spacial score (nSPS) is 26.3. The fourth-order valence-corrected chi connectivity index (χ4v) is 4.42. The van der Waals surface area contributed by atoms with E-state index >= 15 is 0 Å². The van der Waals surface area contributed by atoms with E-state index in [0.29, 0.717) is 37.4 Å². The van der Waals surface area contributed by atoms with E-state index in [4.69, 9.17) is 14.0 Å². The molecule has 7 nitrogen and oxygen atoms in total. The number of aromatic nitrogens is 2. The largest absolute Gasteiger partial charge is 0.377 e. The van der Waals surface area contributed by atoms with Crippen LogP contribution in [0.4, 0.5) is 0 Å². The Bertz CT molecular complexity index is 748. The van der Waals surface area contributed by atoms with Crippen molar-refractivity contribution in [2.45, 2.75) is 44.8 Å². The Morgan fingerprint density at radius 2 is 2.30 bits per heavy atom. The van der Waals surface area contributed by atoms with Crippen LogP contribution in [0, 0.1) is 5.92 Å². The average molecular weight is 391 g/mol. The molecule has 146 valence electrons. The van der Waals surface area contributed by atoms with Crippen molar-refractivity contribution in [1.29, 1.82) is 0 Å². The molecule has 2 aromatic heterocycles. The highest BCUT2D eigenvalue weighted by Crippen LogP contribution is 2.29. The molecule has 1 amide bonds. The zero-order valence-corrected chi connectivity index (χ0v) is 16.3. The van der Waals surface area contributed by atoms with Crippen LogP contribution < -0.4 is 0 Å². The molecule has 0 N–H and O–H groups in total. The van der Waals surface area contributed by atoms with Crippen molar-refractivity contribution in [2.75, 3.05) is 26.4 Å². The standard InChI is InChI=1S/C19H25N3O4S/c1-13-5-2-3-6-15(13)25-12-17(23)22-8-9-24-11-14(22)19-20-18(21-26-19)16-7-4-10-27-16/h4,7,10,13-15H,2-3,5-6,8-9,11-12H2,1H3/t13-,14+,15-/m1/s1. The van der Waals surface area contributed by atoms with Crippen molar-refractivity contribution >= 4 is 17.2 Å². The Morgan fingerprint density at radius 3 is 3.11 bits per heavy atom. The molecule has 3 atom stereocenters. The van der Waals surface area contributed by atoms with E-state index in [0.717, 1.165) is 11.3 Å². The van der Waals surface area contributed by atoms with Crippen molar-refractivity contribution in [3.8, 4) is 10.7 Å². The number of morpholine rings is 1. The van der Waals surface area contributed by atoms with Crippen LogP contribution in [0.5, 0.6) is 0 Å². The molecule has 1 saturated carbocycles. The molecule has 2 aromatic rings. The predicted octanol–water partition coefficient (Wildman–Crippen LogP) is 3.29. The van der Waals surface area contributed by atoms with Crippen molar-refractivity contribution in [1.82, 2.24) is 15.0 Å². The van der Waals surface area contributed by atoms with E-state index in [2.05, 4.69) is 17.1 Å². The maximum Gasteiger partial charge on any atom is 0.252 e. The van der Waals surface area contributed by atoms with Crippen molar-refractivity contribution < 1.29 is 18.8 Å². The first kappa shape index (κ1) is 18.6. The van der Waals surface area contributed by atoms with Crippen LogP contribution in [0.25, 0.3) is 10.7 Å². The second-order valence-corrected chi connectivity index (χ2v) is 8.17. The summed E-state index contributed by atoms with van der Waals surface area (Å²) in [5, 5.41) is 6.02. The average Bonchev–Trinajstić information content (AvgIpc) is 3.39. The quantitative estimate of drug-likeness (QED) is 0.778. The molecule has 0 radical (unpaired) electrons. The minimum Gasteiger partial charge on any atom is -0.377 e. The maximum absolute atomic E-state index is 12.8. The van der Waals surface area contributed by atoms with Gasteiger partial charge in [-0.15, -0.1) is 11.3 Å². The van der Waals surface area contributed by atoms with E-state index in [9.17, 15) is 4.79 Å². The van der Waals surface area contributed by atoms with Crippen molar-refractivity contribution in [3.63, 3.8) is 0 Å². The van der Waals surface area contributed by atoms with Crippen LogP contribution in [-0.4, -0.2) is 53.4 Å². The zero-order chi connectivity index (χ0) is 18.6. The highest BCUT2D eigenvalue weighted by atomic mass is 32.1. The first-order chi connectivity index (χ1) is 13.2. The molecule has 4 rings (SSSR count). The van der Waals surface area contributed by atoms with Gasteiger partial charge in [-0.25, -0.2) is 0 Å². The Kier molecular flexibility index (Phi) is 5.85. The van der Waals surface area contributed by atoms with E-state index in [1.54, 1.807) is 16.2 Å². The Hall–Kier alpha value is -1.77. The van der Waals surface area contributed by atoms with Gasteiger partial charge in [0.25, 0.3) is 5.89 Å². The summed E-state index contributed by atoms with van der Waals surface area (Å²) in [4.78, 5) is 20.0.